The van der Waals surface area contributed by atoms with Crippen LogP contribution in [0.15, 0.2) is 103 Å². The summed E-state index contributed by atoms with van der Waals surface area (Å²) in [6, 6.07) is 34.6. The number of esters is 1. The molecule has 0 unspecified atom stereocenters. The average Bonchev–Trinajstić information content (AvgIpc) is 3.09. The van der Waals surface area contributed by atoms with E-state index < -0.39 is 34.0 Å². The van der Waals surface area contributed by atoms with Gasteiger partial charge in [-0.05, 0) is 68.1 Å². The van der Waals surface area contributed by atoms with E-state index in [1.54, 1.807) is 0 Å². The van der Waals surface area contributed by atoms with E-state index in [2.05, 4.69) is 11.0 Å². The van der Waals surface area contributed by atoms with Gasteiger partial charge in [-0.15, -0.1) is 0 Å². The molecule has 0 amide bonds. The average molecular weight is 835 g/mol. The second-order valence-electron chi connectivity index (χ2n) is 11.2. The standard InChI is InChI=1S/C30H32N2O2.C7H6O5.Bi.3H/c1-2-34-28(33)29(25-12-6-3-7-13-25)18-21-32(22-19-29)23-20-30(24-31,26-14-8-4-9-15-26)27-16-10-5-11-17-27;8-4-1-3(7(11)12)2-5(9)6(4)10;;;;/h3-17H,2,18-23H2,1H3;1-2,8-10H,(H,11,12);;;;. The molecule has 4 aromatic carbocycles. The minimum absolute atomic E-state index is 0. The maximum absolute atomic E-state index is 13.1. The van der Waals surface area contributed by atoms with Crippen LogP contribution in [0.3, 0.4) is 0 Å². The Balaban J connectivity index is 0.000000391. The third-order valence-electron chi connectivity index (χ3n) is 8.55. The van der Waals surface area contributed by atoms with Crippen LogP contribution in [0.4, 0.5) is 0 Å². The van der Waals surface area contributed by atoms with Gasteiger partial charge in [-0.2, -0.15) is 5.26 Å². The van der Waals surface area contributed by atoms with E-state index in [0.29, 0.717) is 25.9 Å². The van der Waals surface area contributed by atoms with E-state index in [1.165, 1.54) is 0 Å². The number of hydrogen-bond acceptors (Lipinski definition) is 8. The van der Waals surface area contributed by atoms with Crippen molar-refractivity contribution in [2.45, 2.75) is 37.0 Å². The molecule has 246 valence electrons. The van der Waals surface area contributed by atoms with Crippen LogP contribution in [-0.4, -0.2) is 89.7 Å². The van der Waals surface area contributed by atoms with Crippen molar-refractivity contribution >= 4 is 38.1 Å². The first-order valence-electron chi connectivity index (χ1n) is 15.1. The number of carbonyl (C=O) groups excluding carboxylic acids is 1. The number of benzene rings is 4. The second-order valence-corrected chi connectivity index (χ2v) is 11.2. The molecule has 1 fully saturated rings. The molecule has 4 aromatic rings. The van der Waals surface area contributed by atoms with Crippen LogP contribution in [0.2, 0.25) is 0 Å². The summed E-state index contributed by atoms with van der Waals surface area (Å²) in [4.78, 5) is 25.8. The van der Waals surface area contributed by atoms with Crippen molar-refractivity contribution in [2.75, 3.05) is 26.2 Å². The third kappa shape index (κ3) is 8.48. The number of carboxylic acid groups (broad SMARTS) is 1. The molecular formula is C37H41BiN2O7. The van der Waals surface area contributed by atoms with Crippen LogP contribution in [0.25, 0.3) is 0 Å². The molecule has 0 aromatic heterocycles. The molecule has 0 aliphatic carbocycles. The molecular weight excluding hydrogens is 793 g/mol. The fraction of sp³-hybridized carbons (Fsp3) is 0.270. The molecule has 4 N–H and O–H groups in total. The second kappa shape index (κ2) is 16.9. The SMILES string of the molecule is CCOC(=O)C1(c2ccccc2)CCN(CCC(C#N)(c2ccccc2)c2ccccc2)CC1.O=C(O)c1cc(O)c(O)c(O)c1.[BiH3]. The van der Waals surface area contributed by atoms with Crippen molar-refractivity contribution in [3.8, 4) is 23.3 Å². The van der Waals surface area contributed by atoms with Gasteiger partial charge in [-0.1, -0.05) is 91.0 Å². The molecule has 0 spiro atoms. The van der Waals surface area contributed by atoms with Crippen LogP contribution < -0.4 is 0 Å². The summed E-state index contributed by atoms with van der Waals surface area (Å²) in [7, 11) is 0. The van der Waals surface area contributed by atoms with Gasteiger partial charge in [0.25, 0.3) is 0 Å². The number of phenolic OH excluding ortho intramolecular Hbond substituents is 3. The van der Waals surface area contributed by atoms with Gasteiger partial charge in [-0.25, -0.2) is 4.79 Å². The summed E-state index contributed by atoms with van der Waals surface area (Å²) >= 11 is 0. The molecule has 10 heteroatoms. The summed E-state index contributed by atoms with van der Waals surface area (Å²) in [5.74, 6) is -3.46. The number of aromatic carboxylic acids is 1. The molecule has 0 saturated carbocycles. The van der Waals surface area contributed by atoms with Gasteiger partial charge >= 0.3 is 38.1 Å². The molecule has 1 aliphatic heterocycles. The van der Waals surface area contributed by atoms with Gasteiger partial charge in [0.15, 0.2) is 17.2 Å². The molecule has 5 rings (SSSR count). The predicted molar refractivity (Wildman–Crippen MR) is 183 cm³/mol. The van der Waals surface area contributed by atoms with Gasteiger partial charge in [0.05, 0.1) is 23.7 Å². The van der Waals surface area contributed by atoms with E-state index in [9.17, 15) is 14.9 Å². The Morgan fingerprint density at radius 3 is 1.74 bits per heavy atom. The van der Waals surface area contributed by atoms with Gasteiger partial charge < -0.3 is 30.1 Å². The molecule has 1 saturated heterocycles. The zero-order chi connectivity index (χ0) is 33.2. The molecule has 1 aliphatic rings. The number of carbonyl (C=O) groups is 2. The van der Waals surface area contributed by atoms with E-state index in [0.717, 1.165) is 48.5 Å². The topological polar surface area (TPSA) is 151 Å². The van der Waals surface area contributed by atoms with Crippen LogP contribution >= 0.6 is 0 Å². The number of ether oxygens (including phenoxy) is 1. The minimum atomic E-state index is -1.29. The van der Waals surface area contributed by atoms with Crippen LogP contribution in [0, 0.1) is 11.3 Å². The molecule has 0 atom stereocenters. The number of hydrogen-bond donors (Lipinski definition) is 4. The molecule has 47 heavy (non-hydrogen) atoms. The fourth-order valence-corrected chi connectivity index (χ4v) is 5.93. The normalized spacial score (nSPS) is 14.0. The Morgan fingerprint density at radius 2 is 1.32 bits per heavy atom. The van der Waals surface area contributed by atoms with Crippen LogP contribution in [0.1, 0.15) is 53.2 Å². The van der Waals surface area contributed by atoms with E-state index in [4.69, 9.17) is 25.2 Å². The van der Waals surface area contributed by atoms with Crippen molar-refractivity contribution in [2.24, 2.45) is 0 Å². The Hall–Kier alpha value is -4.45. The van der Waals surface area contributed by atoms with Crippen molar-refractivity contribution in [1.82, 2.24) is 4.90 Å². The van der Waals surface area contributed by atoms with Crippen molar-refractivity contribution in [1.29, 1.82) is 5.26 Å². The van der Waals surface area contributed by atoms with Gasteiger partial charge in [0, 0.05) is 6.54 Å². The summed E-state index contributed by atoms with van der Waals surface area (Å²) in [6.07, 6.45) is 2.12. The monoisotopic (exact) mass is 834 g/mol. The maximum atomic E-state index is 13.1. The first-order valence-corrected chi connectivity index (χ1v) is 15.1. The van der Waals surface area contributed by atoms with Crippen LogP contribution in [0.5, 0.6) is 17.2 Å². The van der Waals surface area contributed by atoms with Crippen LogP contribution in [-0.2, 0) is 20.4 Å². The van der Waals surface area contributed by atoms with E-state index in [1.807, 2.05) is 97.9 Å². The first-order chi connectivity index (χ1) is 22.2. The van der Waals surface area contributed by atoms with E-state index >= 15 is 0 Å². The van der Waals surface area contributed by atoms with Gasteiger partial charge in [-0.3, -0.25) is 4.79 Å². The number of nitriles is 1. The summed E-state index contributed by atoms with van der Waals surface area (Å²) < 4.78 is 5.52. The van der Waals surface area contributed by atoms with Crippen molar-refractivity contribution < 1.29 is 34.8 Å². The Bertz CT molecular complexity index is 1590. The zero-order valence-corrected chi connectivity index (χ0v) is 31.9. The summed E-state index contributed by atoms with van der Waals surface area (Å²) in [5, 5.41) is 45.4. The Kier molecular flexibility index (Phi) is 13.3. The number of carboxylic acids is 1. The Labute approximate surface area is 293 Å². The number of likely N-dealkylation sites (tertiary alicyclic amines) is 1. The number of rotatable bonds is 9. The third-order valence-corrected chi connectivity index (χ3v) is 8.55. The number of piperidine rings is 1. The number of nitrogens with zero attached hydrogens (tertiary/aromatic N) is 2. The number of aromatic hydroxyl groups is 3. The molecule has 9 nitrogen and oxygen atoms in total. The van der Waals surface area contributed by atoms with E-state index in [-0.39, 0.29) is 37.7 Å². The summed E-state index contributed by atoms with van der Waals surface area (Å²) in [5.41, 5.74) is 1.48. The number of phenols is 3. The first kappa shape index (κ1) is 37.0. The van der Waals surface area contributed by atoms with Gasteiger partial charge in [0.2, 0.25) is 0 Å². The quantitative estimate of drug-likeness (QED) is 0.106. The molecule has 1 heterocycles. The molecule has 0 bridgehead atoms. The summed E-state index contributed by atoms with van der Waals surface area (Å²) in [6.45, 7) is 4.61. The zero-order valence-electron chi connectivity index (χ0n) is 26.4. The van der Waals surface area contributed by atoms with Crippen molar-refractivity contribution in [3.63, 3.8) is 0 Å². The van der Waals surface area contributed by atoms with Gasteiger partial charge in [0.1, 0.15) is 5.41 Å². The fourth-order valence-electron chi connectivity index (χ4n) is 5.93. The molecule has 0 radical (unpaired) electrons. The van der Waals surface area contributed by atoms with Crippen molar-refractivity contribution in [3.05, 3.63) is 125 Å². The predicted octanol–water partition coefficient (Wildman–Crippen LogP) is 4.80. The Morgan fingerprint density at radius 1 is 0.851 bits per heavy atom.